The van der Waals surface area contributed by atoms with E-state index in [4.69, 9.17) is 4.74 Å². The quantitative estimate of drug-likeness (QED) is 0.198. The lowest BCUT2D eigenvalue weighted by Gasteiger charge is -2.13. The van der Waals surface area contributed by atoms with Crippen molar-refractivity contribution >= 4 is 11.8 Å². The summed E-state index contributed by atoms with van der Waals surface area (Å²) in [5.41, 5.74) is 0.412. The zero-order chi connectivity index (χ0) is 25.5. The zero-order valence-electron chi connectivity index (χ0n) is 19.9. The highest BCUT2D eigenvalue weighted by molar-refractivity contribution is 6.21. The summed E-state index contributed by atoms with van der Waals surface area (Å²) in [4.78, 5) is 26.0. The van der Waals surface area contributed by atoms with Gasteiger partial charge < -0.3 is 4.74 Å². The summed E-state index contributed by atoms with van der Waals surface area (Å²) in [6.07, 6.45) is 6.55. The molecule has 0 spiro atoms. The van der Waals surface area contributed by atoms with Gasteiger partial charge in [-0.3, -0.25) is 14.5 Å². The average molecular weight is 496 g/mol. The second-order valence-electron chi connectivity index (χ2n) is 8.87. The van der Waals surface area contributed by atoms with Crippen LogP contribution >= 0.6 is 0 Å². The van der Waals surface area contributed by atoms with E-state index in [1.807, 2.05) is 0 Å². The molecule has 36 heavy (non-hydrogen) atoms. The van der Waals surface area contributed by atoms with Gasteiger partial charge in [-0.2, -0.15) is 0 Å². The third-order valence-corrected chi connectivity index (χ3v) is 6.34. The van der Waals surface area contributed by atoms with E-state index in [-0.39, 0.29) is 17.4 Å². The molecule has 0 N–H and O–H groups in total. The molecular formula is C29H28F3NO3. The van der Waals surface area contributed by atoms with Crippen LogP contribution in [-0.2, 0) is 0 Å². The Hall–Kier alpha value is -3.61. The summed E-state index contributed by atoms with van der Waals surface area (Å²) in [6.45, 7) is 0.862. The molecule has 0 radical (unpaired) electrons. The summed E-state index contributed by atoms with van der Waals surface area (Å²) in [6, 6.07) is 14.3. The van der Waals surface area contributed by atoms with E-state index in [0.29, 0.717) is 30.0 Å². The fourth-order valence-corrected chi connectivity index (χ4v) is 4.43. The molecule has 1 aliphatic heterocycles. The van der Waals surface area contributed by atoms with Gasteiger partial charge in [-0.1, -0.05) is 50.3 Å². The van der Waals surface area contributed by atoms with Gasteiger partial charge in [-0.05, 0) is 55.3 Å². The molecule has 0 bridgehead atoms. The second kappa shape index (κ2) is 11.9. The van der Waals surface area contributed by atoms with Gasteiger partial charge in [0.2, 0.25) is 0 Å². The van der Waals surface area contributed by atoms with Gasteiger partial charge in [-0.15, -0.1) is 0 Å². The molecule has 3 aromatic rings. The first kappa shape index (κ1) is 25.5. The van der Waals surface area contributed by atoms with Gasteiger partial charge in [0, 0.05) is 12.1 Å². The number of hydrogen-bond acceptors (Lipinski definition) is 3. The molecule has 188 valence electrons. The second-order valence-corrected chi connectivity index (χ2v) is 8.87. The van der Waals surface area contributed by atoms with Crippen molar-refractivity contribution in [1.82, 2.24) is 4.90 Å². The van der Waals surface area contributed by atoms with E-state index in [1.54, 1.807) is 24.3 Å². The van der Waals surface area contributed by atoms with E-state index >= 15 is 0 Å². The van der Waals surface area contributed by atoms with Crippen LogP contribution in [0.4, 0.5) is 13.2 Å². The number of imide groups is 1. The first-order valence-corrected chi connectivity index (χ1v) is 12.3. The lowest BCUT2D eigenvalue weighted by atomic mass is 10.0. The largest absolute Gasteiger partial charge is 0.494 e. The normalized spacial score (nSPS) is 12.8. The third-order valence-electron chi connectivity index (χ3n) is 6.34. The van der Waals surface area contributed by atoms with Crippen LogP contribution in [0.25, 0.3) is 11.1 Å². The van der Waals surface area contributed by atoms with Crippen LogP contribution in [0.2, 0.25) is 0 Å². The third kappa shape index (κ3) is 5.78. The van der Waals surface area contributed by atoms with Crippen molar-refractivity contribution in [3.63, 3.8) is 0 Å². The molecule has 0 aliphatic carbocycles. The Kier molecular flexibility index (Phi) is 8.41. The number of carbonyl (C=O) groups is 2. The first-order valence-electron chi connectivity index (χ1n) is 12.3. The zero-order valence-corrected chi connectivity index (χ0v) is 19.9. The van der Waals surface area contributed by atoms with Crippen LogP contribution in [0, 0.1) is 17.5 Å². The molecule has 1 aliphatic rings. The number of rotatable bonds is 12. The fraction of sp³-hybridized carbons (Fsp3) is 0.310. The number of amides is 2. The van der Waals surface area contributed by atoms with Crippen LogP contribution in [0.1, 0.15) is 65.7 Å². The van der Waals surface area contributed by atoms with Crippen molar-refractivity contribution < 1.29 is 27.5 Å². The Bertz CT molecular complexity index is 1190. The van der Waals surface area contributed by atoms with Gasteiger partial charge in [0.15, 0.2) is 0 Å². The molecule has 0 aromatic heterocycles. The maximum Gasteiger partial charge on any atom is 0.261 e. The number of nitrogens with zero attached hydrogens (tertiary/aromatic N) is 1. The summed E-state index contributed by atoms with van der Waals surface area (Å²) >= 11 is 0. The molecule has 0 atom stereocenters. The first-order chi connectivity index (χ1) is 17.5. The fourth-order valence-electron chi connectivity index (χ4n) is 4.43. The predicted octanol–water partition coefficient (Wildman–Crippen LogP) is 7.18. The topological polar surface area (TPSA) is 46.6 Å². The molecule has 3 aromatic carbocycles. The van der Waals surface area contributed by atoms with E-state index in [2.05, 4.69) is 0 Å². The van der Waals surface area contributed by atoms with Gasteiger partial charge in [0.25, 0.3) is 11.8 Å². The monoisotopic (exact) mass is 495 g/mol. The molecule has 0 saturated carbocycles. The minimum Gasteiger partial charge on any atom is -0.494 e. The molecule has 4 nitrogen and oxygen atoms in total. The van der Waals surface area contributed by atoms with Crippen molar-refractivity contribution in [3.8, 4) is 16.9 Å². The van der Waals surface area contributed by atoms with Crippen molar-refractivity contribution in [2.45, 2.75) is 44.9 Å². The molecule has 0 saturated heterocycles. The van der Waals surface area contributed by atoms with Gasteiger partial charge in [0.1, 0.15) is 23.2 Å². The van der Waals surface area contributed by atoms with Gasteiger partial charge >= 0.3 is 0 Å². The smallest absolute Gasteiger partial charge is 0.261 e. The number of halogens is 3. The summed E-state index contributed by atoms with van der Waals surface area (Å²) in [5, 5.41) is 0. The molecule has 7 heteroatoms. The van der Waals surface area contributed by atoms with E-state index in [1.165, 1.54) is 23.1 Å². The maximum atomic E-state index is 14.2. The Morgan fingerprint density at radius 1 is 0.611 bits per heavy atom. The molecule has 0 unspecified atom stereocenters. The van der Waals surface area contributed by atoms with Crippen LogP contribution in [0.3, 0.4) is 0 Å². The average Bonchev–Trinajstić information content (AvgIpc) is 3.11. The molecule has 4 rings (SSSR count). The van der Waals surface area contributed by atoms with Crippen molar-refractivity contribution in [2.75, 3.05) is 13.2 Å². The predicted molar refractivity (Wildman–Crippen MR) is 131 cm³/mol. The highest BCUT2D eigenvalue weighted by atomic mass is 19.1. The Morgan fingerprint density at radius 2 is 1.19 bits per heavy atom. The van der Waals surface area contributed by atoms with Crippen LogP contribution in [-0.4, -0.2) is 29.9 Å². The Labute approximate surface area is 208 Å². The van der Waals surface area contributed by atoms with Gasteiger partial charge in [-0.25, -0.2) is 13.2 Å². The van der Waals surface area contributed by atoms with E-state index in [0.717, 1.165) is 63.1 Å². The number of ether oxygens (including phenoxy) is 1. The van der Waals surface area contributed by atoms with Gasteiger partial charge in [0.05, 0.1) is 23.3 Å². The van der Waals surface area contributed by atoms with Crippen LogP contribution < -0.4 is 4.74 Å². The van der Waals surface area contributed by atoms with Crippen LogP contribution in [0.5, 0.6) is 5.75 Å². The highest BCUT2D eigenvalue weighted by Gasteiger charge is 2.34. The summed E-state index contributed by atoms with van der Waals surface area (Å²) in [7, 11) is 0. The summed E-state index contributed by atoms with van der Waals surface area (Å²) < 4.78 is 47.9. The van der Waals surface area contributed by atoms with E-state index < -0.39 is 23.0 Å². The number of fused-ring (bicyclic) bond motifs is 1. The van der Waals surface area contributed by atoms with Crippen molar-refractivity contribution in [1.29, 1.82) is 0 Å². The number of benzene rings is 3. The molecular weight excluding hydrogens is 467 g/mol. The summed E-state index contributed by atoms with van der Waals surface area (Å²) in [5.74, 6) is -2.41. The molecule has 2 amide bonds. The number of unbranched alkanes of at least 4 members (excludes halogenated alkanes) is 6. The molecule has 0 fully saturated rings. The SMILES string of the molecule is O=C1c2ccccc2C(=O)N1CCCCCCCCCOc1ccc(F)c(-c2c(F)cccc2F)c1. The number of hydrogen-bond donors (Lipinski definition) is 0. The minimum absolute atomic E-state index is 0.163. The minimum atomic E-state index is -0.824. The van der Waals surface area contributed by atoms with E-state index in [9.17, 15) is 22.8 Å². The lowest BCUT2D eigenvalue weighted by Crippen LogP contribution is -2.30. The maximum absolute atomic E-state index is 14.2. The van der Waals surface area contributed by atoms with Crippen LogP contribution in [0.15, 0.2) is 60.7 Å². The Balaban J connectivity index is 1.11. The van der Waals surface area contributed by atoms with Crippen molar-refractivity contribution in [2.24, 2.45) is 0 Å². The Morgan fingerprint density at radius 3 is 1.83 bits per heavy atom. The molecule has 1 heterocycles. The number of carbonyl (C=O) groups excluding carboxylic acids is 2. The lowest BCUT2D eigenvalue weighted by molar-refractivity contribution is 0.0651. The standard InChI is InChI=1S/C29H28F3NO3/c30-24-16-15-20(19-23(24)27-25(31)13-10-14-26(27)32)36-18-9-5-3-1-2-4-8-17-33-28(34)21-11-6-7-12-22(21)29(33)35/h6-7,10-16,19H,1-5,8-9,17-18H2. The highest BCUT2D eigenvalue weighted by Crippen LogP contribution is 2.31. The van der Waals surface area contributed by atoms with Crippen molar-refractivity contribution in [3.05, 3.63) is 89.2 Å².